The van der Waals surface area contributed by atoms with Crippen LogP contribution in [0.3, 0.4) is 0 Å². The number of esters is 1. The number of nitrogens with zero attached hydrogens (tertiary/aromatic N) is 2. The van der Waals surface area contributed by atoms with Gasteiger partial charge in [-0.05, 0) is 55.9 Å². The predicted octanol–water partition coefficient (Wildman–Crippen LogP) is 4.24. The third-order valence-electron chi connectivity index (χ3n) is 5.49. The molecule has 0 unspecified atom stereocenters. The van der Waals surface area contributed by atoms with Crippen LogP contribution in [0.25, 0.3) is 0 Å². The van der Waals surface area contributed by atoms with Crippen molar-refractivity contribution >= 4 is 28.9 Å². The van der Waals surface area contributed by atoms with Gasteiger partial charge in [-0.25, -0.2) is 4.79 Å². The summed E-state index contributed by atoms with van der Waals surface area (Å²) in [6.45, 7) is 6.87. The molecule has 8 nitrogen and oxygen atoms in total. The van der Waals surface area contributed by atoms with E-state index in [1.807, 2.05) is 36.9 Å². The molecule has 0 radical (unpaired) electrons. The molecular formula is C23H27N3O5. The average Bonchev–Trinajstić information content (AvgIpc) is 2.74. The zero-order chi connectivity index (χ0) is 22.5. The van der Waals surface area contributed by atoms with Gasteiger partial charge in [-0.15, -0.1) is 0 Å². The minimum absolute atomic E-state index is 0.0420. The maximum atomic E-state index is 12.4. The van der Waals surface area contributed by atoms with Crippen molar-refractivity contribution in [1.82, 2.24) is 0 Å². The fourth-order valence-electron chi connectivity index (χ4n) is 3.87. The summed E-state index contributed by atoms with van der Waals surface area (Å²) in [6.07, 6.45) is 2.07. The summed E-state index contributed by atoms with van der Waals surface area (Å²) in [5.41, 5.74) is 2.89. The van der Waals surface area contributed by atoms with Gasteiger partial charge in [-0.3, -0.25) is 14.9 Å². The van der Waals surface area contributed by atoms with Crippen LogP contribution in [-0.2, 0) is 9.53 Å². The average molecular weight is 425 g/mol. The van der Waals surface area contributed by atoms with Crippen molar-refractivity contribution in [2.45, 2.75) is 33.6 Å². The fourth-order valence-corrected chi connectivity index (χ4v) is 3.87. The summed E-state index contributed by atoms with van der Waals surface area (Å²) >= 11 is 0. The zero-order valence-electron chi connectivity index (χ0n) is 18.0. The Morgan fingerprint density at radius 1 is 1.23 bits per heavy atom. The van der Waals surface area contributed by atoms with Gasteiger partial charge >= 0.3 is 5.97 Å². The molecule has 8 heteroatoms. The van der Waals surface area contributed by atoms with E-state index in [0.717, 1.165) is 37.1 Å². The quantitative estimate of drug-likeness (QED) is 0.422. The number of carbonyl (C=O) groups excluding carboxylic acids is 2. The SMILES string of the molecule is Cc1cccc(C)c1NC(=O)COC(=O)c1ccc(N2CCC[C@H](C)C2)c([N+](=O)[O-])c1. The number of amides is 1. The molecular weight excluding hydrogens is 398 g/mol. The van der Waals surface area contributed by atoms with E-state index in [0.29, 0.717) is 17.3 Å². The summed E-state index contributed by atoms with van der Waals surface area (Å²) < 4.78 is 5.09. The van der Waals surface area contributed by atoms with Crippen molar-refractivity contribution < 1.29 is 19.2 Å². The minimum atomic E-state index is -0.779. The number of rotatable bonds is 6. The number of hydrogen-bond acceptors (Lipinski definition) is 6. The maximum absolute atomic E-state index is 12.4. The largest absolute Gasteiger partial charge is 0.452 e. The molecule has 0 aliphatic carbocycles. The number of piperidine rings is 1. The van der Waals surface area contributed by atoms with E-state index in [9.17, 15) is 19.7 Å². The van der Waals surface area contributed by atoms with Gasteiger partial charge < -0.3 is 15.0 Å². The van der Waals surface area contributed by atoms with Crippen molar-refractivity contribution in [3.8, 4) is 0 Å². The fraction of sp³-hybridized carbons (Fsp3) is 0.391. The molecule has 1 N–H and O–H groups in total. The van der Waals surface area contributed by atoms with Crippen LogP contribution < -0.4 is 10.2 Å². The highest BCUT2D eigenvalue weighted by molar-refractivity contribution is 5.97. The Labute approximate surface area is 181 Å². The molecule has 2 aromatic rings. The van der Waals surface area contributed by atoms with Gasteiger partial charge in [-0.2, -0.15) is 0 Å². The summed E-state index contributed by atoms with van der Waals surface area (Å²) in [5, 5.41) is 14.4. The van der Waals surface area contributed by atoms with E-state index in [2.05, 4.69) is 12.2 Å². The molecule has 3 rings (SSSR count). The lowest BCUT2D eigenvalue weighted by Crippen LogP contribution is -2.34. The Bertz CT molecular complexity index is 984. The second-order valence-electron chi connectivity index (χ2n) is 8.05. The molecule has 1 atom stereocenters. The summed E-state index contributed by atoms with van der Waals surface area (Å²) in [6, 6.07) is 9.95. The van der Waals surface area contributed by atoms with Gasteiger partial charge in [-0.1, -0.05) is 25.1 Å². The van der Waals surface area contributed by atoms with Gasteiger partial charge in [0.05, 0.1) is 10.5 Å². The number of nitro groups is 1. The molecule has 2 aromatic carbocycles. The maximum Gasteiger partial charge on any atom is 0.338 e. The van der Waals surface area contributed by atoms with E-state index in [1.54, 1.807) is 6.07 Å². The summed E-state index contributed by atoms with van der Waals surface area (Å²) in [4.78, 5) is 37.7. The van der Waals surface area contributed by atoms with Gasteiger partial charge in [0.25, 0.3) is 11.6 Å². The van der Waals surface area contributed by atoms with Crippen LogP contribution in [0.1, 0.15) is 41.3 Å². The first-order valence-corrected chi connectivity index (χ1v) is 10.3. The molecule has 1 aliphatic rings. The van der Waals surface area contributed by atoms with Crippen LogP contribution in [0.15, 0.2) is 36.4 Å². The van der Waals surface area contributed by atoms with Crippen molar-refractivity contribution in [2.24, 2.45) is 5.92 Å². The van der Waals surface area contributed by atoms with E-state index >= 15 is 0 Å². The van der Waals surface area contributed by atoms with Gasteiger partial charge in [0.1, 0.15) is 5.69 Å². The number of anilines is 2. The molecule has 1 aliphatic heterocycles. The number of aryl methyl sites for hydroxylation is 2. The highest BCUT2D eigenvalue weighted by Crippen LogP contribution is 2.32. The van der Waals surface area contributed by atoms with Crippen LogP contribution >= 0.6 is 0 Å². The summed E-state index contributed by atoms with van der Waals surface area (Å²) in [5.74, 6) is -0.800. The van der Waals surface area contributed by atoms with E-state index in [1.165, 1.54) is 12.1 Å². The van der Waals surface area contributed by atoms with Crippen LogP contribution in [0.4, 0.5) is 17.1 Å². The van der Waals surface area contributed by atoms with Crippen molar-refractivity contribution in [3.63, 3.8) is 0 Å². The molecule has 0 spiro atoms. The molecule has 1 saturated heterocycles. The second-order valence-corrected chi connectivity index (χ2v) is 8.05. The summed E-state index contributed by atoms with van der Waals surface area (Å²) in [7, 11) is 0. The highest BCUT2D eigenvalue weighted by Gasteiger charge is 2.25. The van der Waals surface area contributed by atoms with Crippen LogP contribution in [0.2, 0.25) is 0 Å². The molecule has 1 amide bonds. The standard InChI is InChI=1S/C23H27N3O5/c1-15-6-5-11-25(13-15)19-10-9-18(12-20(19)26(29)30)23(28)31-14-21(27)24-22-16(2)7-4-8-17(22)3/h4,7-10,12,15H,5-6,11,13-14H2,1-3H3,(H,24,27)/t15-/m0/s1. The predicted molar refractivity (Wildman–Crippen MR) is 119 cm³/mol. The number of carbonyl (C=O) groups is 2. The number of benzene rings is 2. The normalized spacial score (nSPS) is 16.0. The van der Waals surface area contributed by atoms with Crippen LogP contribution in [0, 0.1) is 29.9 Å². The van der Waals surface area contributed by atoms with Crippen molar-refractivity contribution in [3.05, 3.63) is 63.2 Å². The van der Waals surface area contributed by atoms with Gasteiger partial charge in [0.15, 0.2) is 6.61 Å². The molecule has 31 heavy (non-hydrogen) atoms. The number of ether oxygens (including phenoxy) is 1. The highest BCUT2D eigenvalue weighted by atomic mass is 16.6. The topological polar surface area (TPSA) is 102 Å². The smallest absolute Gasteiger partial charge is 0.338 e. The molecule has 164 valence electrons. The van der Waals surface area contributed by atoms with Crippen LogP contribution in [0.5, 0.6) is 0 Å². The van der Waals surface area contributed by atoms with E-state index in [4.69, 9.17) is 4.74 Å². The Kier molecular flexibility index (Phi) is 6.89. The number of para-hydroxylation sites is 1. The second kappa shape index (κ2) is 9.59. The first kappa shape index (κ1) is 22.3. The zero-order valence-corrected chi connectivity index (χ0v) is 18.0. The Morgan fingerprint density at radius 2 is 1.94 bits per heavy atom. The van der Waals surface area contributed by atoms with Crippen molar-refractivity contribution in [2.75, 3.05) is 29.9 Å². The van der Waals surface area contributed by atoms with Gasteiger partial charge in [0.2, 0.25) is 0 Å². The number of hydrogen-bond donors (Lipinski definition) is 1. The molecule has 0 bridgehead atoms. The van der Waals surface area contributed by atoms with Gasteiger partial charge in [0, 0.05) is 24.8 Å². The third-order valence-corrected chi connectivity index (χ3v) is 5.49. The molecule has 0 saturated carbocycles. The lowest BCUT2D eigenvalue weighted by atomic mass is 9.99. The van der Waals surface area contributed by atoms with Crippen LogP contribution in [-0.4, -0.2) is 36.5 Å². The molecule has 1 fully saturated rings. The van der Waals surface area contributed by atoms with E-state index < -0.39 is 23.4 Å². The monoisotopic (exact) mass is 425 g/mol. The Hall–Kier alpha value is -3.42. The van der Waals surface area contributed by atoms with Crippen molar-refractivity contribution in [1.29, 1.82) is 0 Å². The third kappa shape index (κ3) is 5.39. The molecule has 0 aromatic heterocycles. The first-order chi connectivity index (χ1) is 14.8. The van der Waals surface area contributed by atoms with E-state index in [-0.39, 0.29) is 11.3 Å². The lowest BCUT2D eigenvalue weighted by molar-refractivity contribution is -0.384. The lowest BCUT2D eigenvalue weighted by Gasteiger charge is -2.32. The number of nitrogens with one attached hydrogen (secondary N) is 1. The Balaban J connectivity index is 1.68. The molecule has 1 heterocycles. The Morgan fingerprint density at radius 3 is 2.58 bits per heavy atom. The number of nitro benzene ring substituents is 1. The first-order valence-electron chi connectivity index (χ1n) is 10.3. The minimum Gasteiger partial charge on any atom is -0.452 e.